The Morgan fingerprint density at radius 2 is 1.96 bits per heavy atom. The summed E-state index contributed by atoms with van der Waals surface area (Å²) in [5.74, 6) is -1.15. The Morgan fingerprint density at radius 1 is 1.21 bits per heavy atom. The number of amides is 3. The second-order valence-electron chi connectivity index (χ2n) is 6.00. The van der Waals surface area contributed by atoms with E-state index >= 15 is 0 Å². The maximum atomic E-state index is 12.2. The van der Waals surface area contributed by atoms with Crippen molar-refractivity contribution in [1.29, 1.82) is 0 Å². The highest BCUT2D eigenvalue weighted by molar-refractivity contribution is 6.02. The SMILES string of the molecule is Cc1cc(C(=O)NNC(=O)CN2C(=O)COc3ccccc32)ccc1[N+](=O)[O-]. The molecule has 28 heavy (non-hydrogen) atoms. The summed E-state index contributed by atoms with van der Waals surface area (Å²) in [6.45, 7) is 1.02. The highest BCUT2D eigenvalue weighted by atomic mass is 16.6. The standard InChI is InChI=1S/C18H16N4O6/c1-11-8-12(6-7-13(11)22(26)27)18(25)20-19-16(23)9-21-14-4-2-3-5-15(14)28-10-17(21)24/h2-8H,9-10H2,1H3,(H,19,23)(H,20,25). The van der Waals surface area contributed by atoms with Crippen LogP contribution in [0.15, 0.2) is 42.5 Å². The van der Waals surface area contributed by atoms with Crippen molar-refractivity contribution in [3.63, 3.8) is 0 Å². The highest BCUT2D eigenvalue weighted by Gasteiger charge is 2.27. The van der Waals surface area contributed by atoms with Gasteiger partial charge in [0.15, 0.2) is 6.61 Å². The number of fused-ring (bicyclic) bond motifs is 1. The fourth-order valence-corrected chi connectivity index (χ4v) is 2.71. The predicted octanol–water partition coefficient (Wildman–Crippen LogP) is 1.09. The van der Waals surface area contributed by atoms with Gasteiger partial charge >= 0.3 is 0 Å². The van der Waals surface area contributed by atoms with Gasteiger partial charge < -0.3 is 4.74 Å². The van der Waals surface area contributed by atoms with E-state index < -0.39 is 16.7 Å². The zero-order valence-electron chi connectivity index (χ0n) is 14.8. The van der Waals surface area contributed by atoms with E-state index in [1.165, 1.54) is 30.0 Å². The molecule has 0 fully saturated rings. The van der Waals surface area contributed by atoms with Crippen LogP contribution in [-0.4, -0.2) is 35.8 Å². The summed E-state index contributed by atoms with van der Waals surface area (Å²) in [5, 5.41) is 10.8. The minimum Gasteiger partial charge on any atom is -0.482 e. The second kappa shape index (κ2) is 7.74. The summed E-state index contributed by atoms with van der Waals surface area (Å²) in [6.07, 6.45) is 0. The van der Waals surface area contributed by atoms with E-state index in [-0.39, 0.29) is 30.3 Å². The van der Waals surface area contributed by atoms with E-state index in [1.54, 1.807) is 24.3 Å². The summed E-state index contributed by atoms with van der Waals surface area (Å²) >= 11 is 0. The quantitative estimate of drug-likeness (QED) is 0.599. The molecular formula is C18H16N4O6. The van der Waals surface area contributed by atoms with Crippen molar-refractivity contribution in [3.05, 3.63) is 63.7 Å². The third-order valence-corrected chi connectivity index (χ3v) is 4.08. The molecule has 0 unspecified atom stereocenters. The van der Waals surface area contributed by atoms with E-state index in [2.05, 4.69) is 10.9 Å². The van der Waals surface area contributed by atoms with Gasteiger partial charge in [0, 0.05) is 17.2 Å². The van der Waals surface area contributed by atoms with Gasteiger partial charge in [-0.05, 0) is 31.2 Å². The molecule has 2 aromatic rings. The number of nitrogens with one attached hydrogen (secondary N) is 2. The van der Waals surface area contributed by atoms with E-state index in [4.69, 9.17) is 4.74 Å². The van der Waals surface area contributed by atoms with Crippen LogP contribution in [0.5, 0.6) is 5.75 Å². The summed E-state index contributed by atoms with van der Waals surface area (Å²) in [7, 11) is 0. The molecular weight excluding hydrogens is 368 g/mol. The van der Waals surface area contributed by atoms with Crippen molar-refractivity contribution < 1.29 is 24.0 Å². The number of nitrogens with zero attached hydrogens (tertiary/aromatic N) is 2. The lowest BCUT2D eigenvalue weighted by Crippen LogP contribution is -2.49. The fraction of sp³-hybridized carbons (Fsp3) is 0.167. The molecule has 0 spiro atoms. The minimum atomic E-state index is -0.639. The van der Waals surface area contributed by atoms with Crippen molar-refractivity contribution in [1.82, 2.24) is 10.9 Å². The lowest BCUT2D eigenvalue weighted by atomic mass is 10.1. The molecule has 3 amide bonds. The number of aryl methyl sites for hydroxylation is 1. The third-order valence-electron chi connectivity index (χ3n) is 4.08. The number of carbonyl (C=O) groups is 3. The summed E-state index contributed by atoms with van der Waals surface area (Å²) in [4.78, 5) is 47.9. The fourth-order valence-electron chi connectivity index (χ4n) is 2.71. The lowest BCUT2D eigenvalue weighted by Gasteiger charge is -2.28. The first-order chi connectivity index (χ1) is 13.4. The highest BCUT2D eigenvalue weighted by Crippen LogP contribution is 2.31. The van der Waals surface area contributed by atoms with Gasteiger partial charge in [0.1, 0.15) is 12.3 Å². The Kier molecular flexibility index (Phi) is 5.21. The van der Waals surface area contributed by atoms with E-state index in [0.29, 0.717) is 17.0 Å². The van der Waals surface area contributed by atoms with Gasteiger partial charge in [0.2, 0.25) is 0 Å². The van der Waals surface area contributed by atoms with Crippen LogP contribution in [0, 0.1) is 17.0 Å². The first-order valence-electron chi connectivity index (χ1n) is 8.23. The first-order valence-corrected chi connectivity index (χ1v) is 8.23. The first kappa shape index (κ1) is 18.8. The zero-order chi connectivity index (χ0) is 20.3. The topological polar surface area (TPSA) is 131 Å². The number of hydrogen-bond donors (Lipinski definition) is 2. The van der Waals surface area contributed by atoms with Gasteiger partial charge in [-0.3, -0.25) is 40.2 Å². The van der Waals surface area contributed by atoms with Crippen LogP contribution in [0.25, 0.3) is 0 Å². The van der Waals surface area contributed by atoms with Gasteiger partial charge in [0.05, 0.1) is 10.6 Å². The largest absolute Gasteiger partial charge is 0.482 e. The Bertz CT molecular complexity index is 974. The summed E-state index contributed by atoms with van der Waals surface area (Å²) in [6, 6.07) is 10.7. The van der Waals surface area contributed by atoms with Crippen molar-refractivity contribution in [2.45, 2.75) is 6.92 Å². The molecule has 0 radical (unpaired) electrons. The zero-order valence-corrected chi connectivity index (χ0v) is 14.8. The lowest BCUT2D eigenvalue weighted by molar-refractivity contribution is -0.385. The molecule has 144 valence electrons. The Labute approximate surface area is 159 Å². The van der Waals surface area contributed by atoms with Gasteiger partial charge in [-0.1, -0.05) is 12.1 Å². The smallest absolute Gasteiger partial charge is 0.272 e. The molecule has 3 rings (SSSR count). The minimum absolute atomic E-state index is 0.106. The number of carbonyl (C=O) groups excluding carboxylic acids is 3. The molecule has 2 aromatic carbocycles. The summed E-state index contributed by atoms with van der Waals surface area (Å²) in [5.41, 5.74) is 5.28. The second-order valence-corrected chi connectivity index (χ2v) is 6.00. The van der Waals surface area contributed by atoms with Crippen molar-refractivity contribution in [2.75, 3.05) is 18.1 Å². The number of para-hydroxylation sites is 2. The molecule has 10 heteroatoms. The molecule has 1 aliphatic rings. The molecule has 0 saturated heterocycles. The molecule has 0 aliphatic carbocycles. The molecule has 0 bridgehead atoms. The number of nitro benzene ring substituents is 1. The van der Waals surface area contributed by atoms with Gasteiger partial charge in [-0.2, -0.15) is 0 Å². The Balaban J connectivity index is 1.62. The van der Waals surface area contributed by atoms with Crippen molar-refractivity contribution >= 4 is 29.1 Å². The average molecular weight is 384 g/mol. The number of anilines is 1. The van der Waals surface area contributed by atoms with Crippen LogP contribution in [0.4, 0.5) is 11.4 Å². The Hall–Kier alpha value is -3.95. The molecule has 0 atom stereocenters. The van der Waals surface area contributed by atoms with E-state index in [9.17, 15) is 24.5 Å². The predicted molar refractivity (Wildman–Crippen MR) is 97.7 cm³/mol. The molecule has 2 N–H and O–H groups in total. The van der Waals surface area contributed by atoms with Crippen molar-refractivity contribution in [2.24, 2.45) is 0 Å². The number of nitro groups is 1. The molecule has 1 heterocycles. The van der Waals surface area contributed by atoms with Crippen LogP contribution in [0.2, 0.25) is 0 Å². The van der Waals surface area contributed by atoms with Gasteiger partial charge in [0.25, 0.3) is 23.4 Å². The number of rotatable bonds is 4. The molecule has 0 aromatic heterocycles. The van der Waals surface area contributed by atoms with Gasteiger partial charge in [-0.15, -0.1) is 0 Å². The number of hydrazine groups is 1. The maximum absolute atomic E-state index is 12.2. The molecule has 1 aliphatic heterocycles. The van der Waals surface area contributed by atoms with Crippen LogP contribution in [-0.2, 0) is 9.59 Å². The van der Waals surface area contributed by atoms with Crippen LogP contribution in [0.1, 0.15) is 15.9 Å². The summed E-state index contributed by atoms with van der Waals surface area (Å²) < 4.78 is 5.30. The monoisotopic (exact) mass is 384 g/mol. The Morgan fingerprint density at radius 3 is 2.68 bits per heavy atom. The maximum Gasteiger partial charge on any atom is 0.272 e. The van der Waals surface area contributed by atoms with Gasteiger partial charge in [-0.25, -0.2) is 0 Å². The van der Waals surface area contributed by atoms with Crippen molar-refractivity contribution in [3.8, 4) is 5.75 Å². The van der Waals surface area contributed by atoms with E-state index in [1.807, 2.05) is 0 Å². The average Bonchev–Trinajstić information content (AvgIpc) is 2.68. The molecule has 10 nitrogen and oxygen atoms in total. The van der Waals surface area contributed by atoms with Crippen LogP contribution >= 0.6 is 0 Å². The van der Waals surface area contributed by atoms with E-state index in [0.717, 1.165) is 0 Å². The van der Waals surface area contributed by atoms with Crippen LogP contribution in [0.3, 0.4) is 0 Å². The molecule has 0 saturated carbocycles. The number of ether oxygens (including phenoxy) is 1. The third kappa shape index (κ3) is 3.90. The number of benzene rings is 2. The normalized spacial score (nSPS) is 12.6. The van der Waals surface area contributed by atoms with Crippen LogP contribution < -0.4 is 20.5 Å². The number of hydrogen-bond acceptors (Lipinski definition) is 6.